The highest BCUT2D eigenvalue weighted by Gasteiger charge is 2.11. The molecule has 0 aromatic heterocycles. The lowest BCUT2D eigenvalue weighted by Crippen LogP contribution is -2.38. The number of rotatable bonds is 7. The summed E-state index contributed by atoms with van der Waals surface area (Å²) in [4.78, 5) is 23.5. The van der Waals surface area contributed by atoms with Gasteiger partial charge in [0.1, 0.15) is 5.75 Å². The van der Waals surface area contributed by atoms with Crippen molar-refractivity contribution < 1.29 is 14.3 Å². The number of fused-ring (bicyclic) bond motifs is 1. The summed E-state index contributed by atoms with van der Waals surface area (Å²) < 4.78 is 5.32. The van der Waals surface area contributed by atoms with Gasteiger partial charge in [0.05, 0.1) is 6.54 Å². The molecule has 0 bridgehead atoms. The molecule has 0 spiro atoms. The van der Waals surface area contributed by atoms with Gasteiger partial charge < -0.3 is 20.7 Å². The van der Waals surface area contributed by atoms with Crippen LogP contribution in [0.2, 0.25) is 0 Å². The molecule has 0 fully saturated rings. The summed E-state index contributed by atoms with van der Waals surface area (Å²) in [6, 6.07) is 15.3. The number of hydrogen-bond acceptors (Lipinski definition) is 4. The molecule has 1 heterocycles. The van der Waals surface area contributed by atoms with E-state index in [1.807, 2.05) is 24.3 Å². The van der Waals surface area contributed by atoms with Crippen molar-refractivity contribution in [1.82, 2.24) is 16.0 Å². The van der Waals surface area contributed by atoms with Crippen LogP contribution < -0.4 is 20.7 Å². The van der Waals surface area contributed by atoms with E-state index >= 15 is 0 Å². The third-order valence-corrected chi connectivity index (χ3v) is 3.95. The van der Waals surface area contributed by atoms with Gasteiger partial charge in [0.25, 0.3) is 5.91 Å². The minimum absolute atomic E-state index is 0. The number of carbonyl (C=O) groups is 2. The van der Waals surface area contributed by atoms with Gasteiger partial charge in [-0.2, -0.15) is 0 Å². The fourth-order valence-electron chi connectivity index (χ4n) is 2.62. The number of halogens is 1. The van der Waals surface area contributed by atoms with Crippen molar-refractivity contribution in [1.29, 1.82) is 0 Å². The molecule has 2 aromatic rings. The third kappa shape index (κ3) is 5.75. The minimum Gasteiger partial charge on any atom is -0.484 e. The smallest absolute Gasteiger partial charge is 0.258 e. The van der Waals surface area contributed by atoms with Crippen LogP contribution in [0, 0.1) is 0 Å². The van der Waals surface area contributed by atoms with E-state index in [1.165, 1.54) is 11.1 Å². The Morgan fingerprint density at radius 3 is 2.54 bits per heavy atom. The van der Waals surface area contributed by atoms with E-state index in [2.05, 4.69) is 28.1 Å². The zero-order valence-corrected chi connectivity index (χ0v) is 15.1. The van der Waals surface area contributed by atoms with Crippen molar-refractivity contribution in [2.45, 2.75) is 19.6 Å². The molecular formula is C19H22ClN3O3. The Labute approximate surface area is 158 Å². The van der Waals surface area contributed by atoms with Gasteiger partial charge in [0.2, 0.25) is 5.91 Å². The fraction of sp³-hybridized carbons (Fsp3) is 0.263. The van der Waals surface area contributed by atoms with Crippen molar-refractivity contribution in [2.75, 3.05) is 13.2 Å². The minimum atomic E-state index is -0.331. The van der Waals surface area contributed by atoms with Gasteiger partial charge in [-0.3, -0.25) is 9.59 Å². The van der Waals surface area contributed by atoms with Crippen LogP contribution >= 0.6 is 12.4 Å². The quantitative estimate of drug-likeness (QED) is 0.685. The van der Waals surface area contributed by atoms with E-state index in [-0.39, 0.29) is 37.4 Å². The first-order valence-corrected chi connectivity index (χ1v) is 8.23. The maximum Gasteiger partial charge on any atom is 0.258 e. The highest BCUT2D eigenvalue weighted by molar-refractivity contribution is 5.85. The summed E-state index contributed by atoms with van der Waals surface area (Å²) >= 11 is 0. The highest BCUT2D eigenvalue weighted by Crippen LogP contribution is 2.16. The number of carbonyl (C=O) groups excluding carboxylic acids is 2. The number of nitrogens with one attached hydrogen (secondary N) is 3. The maximum absolute atomic E-state index is 11.8. The topological polar surface area (TPSA) is 79.5 Å². The second-order valence-corrected chi connectivity index (χ2v) is 5.86. The Hall–Kier alpha value is -2.57. The van der Waals surface area contributed by atoms with Crippen LogP contribution in [0.4, 0.5) is 0 Å². The maximum atomic E-state index is 11.8. The first-order valence-electron chi connectivity index (χ1n) is 8.23. The second kappa shape index (κ2) is 9.79. The summed E-state index contributed by atoms with van der Waals surface area (Å²) in [6.45, 7) is 2.04. The van der Waals surface area contributed by atoms with E-state index in [0.717, 1.165) is 18.7 Å². The van der Waals surface area contributed by atoms with Crippen LogP contribution in [-0.2, 0) is 29.2 Å². The number of para-hydroxylation sites is 1. The van der Waals surface area contributed by atoms with Gasteiger partial charge >= 0.3 is 0 Å². The van der Waals surface area contributed by atoms with Crippen molar-refractivity contribution in [3.8, 4) is 5.75 Å². The standard InChI is InChI=1S/C19H21N3O3.ClH/c23-18(12-22-19(24)13-25-17-4-2-1-3-5-17)21-9-14-6-7-15-10-20-11-16(15)8-14;/h1-8,20H,9-13H2,(H,21,23)(H,22,24);1H. The van der Waals surface area contributed by atoms with Crippen LogP contribution in [0.25, 0.3) is 0 Å². The Morgan fingerprint density at radius 1 is 0.962 bits per heavy atom. The third-order valence-electron chi connectivity index (χ3n) is 3.95. The van der Waals surface area contributed by atoms with Gasteiger partial charge in [0.15, 0.2) is 6.61 Å². The lowest BCUT2D eigenvalue weighted by molar-refractivity contribution is -0.127. The van der Waals surface area contributed by atoms with Crippen LogP contribution in [-0.4, -0.2) is 25.0 Å². The molecule has 26 heavy (non-hydrogen) atoms. The molecule has 1 aliphatic rings. The lowest BCUT2D eigenvalue weighted by Gasteiger charge is -2.09. The van der Waals surface area contributed by atoms with Crippen molar-refractivity contribution in [2.24, 2.45) is 0 Å². The first-order chi connectivity index (χ1) is 12.2. The molecule has 3 N–H and O–H groups in total. The van der Waals surface area contributed by atoms with Crippen molar-refractivity contribution in [3.63, 3.8) is 0 Å². The Morgan fingerprint density at radius 2 is 1.73 bits per heavy atom. The molecular weight excluding hydrogens is 354 g/mol. The van der Waals surface area contributed by atoms with Gasteiger partial charge in [-0.05, 0) is 28.8 Å². The molecule has 0 radical (unpaired) electrons. The zero-order valence-electron chi connectivity index (χ0n) is 14.3. The Kier molecular flexibility index (Phi) is 7.44. The molecule has 0 atom stereocenters. The number of hydrogen-bond donors (Lipinski definition) is 3. The van der Waals surface area contributed by atoms with E-state index < -0.39 is 0 Å². The molecule has 0 saturated carbocycles. The van der Waals surface area contributed by atoms with Crippen molar-refractivity contribution in [3.05, 3.63) is 65.2 Å². The van der Waals surface area contributed by atoms with Gasteiger partial charge in [-0.1, -0.05) is 36.4 Å². The second-order valence-electron chi connectivity index (χ2n) is 5.86. The average Bonchev–Trinajstić information content (AvgIpc) is 3.11. The monoisotopic (exact) mass is 375 g/mol. The molecule has 138 valence electrons. The molecule has 0 aliphatic carbocycles. The van der Waals surface area contributed by atoms with E-state index in [0.29, 0.717) is 12.3 Å². The Bertz CT molecular complexity index is 753. The van der Waals surface area contributed by atoms with Crippen molar-refractivity contribution >= 4 is 24.2 Å². The predicted octanol–water partition coefficient (Wildman–Crippen LogP) is 1.52. The van der Waals surface area contributed by atoms with Crippen LogP contribution in [0.5, 0.6) is 5.75 Å². The molecule has 3 rings (SSSR count). The summed E-state index contributed by atoms with van der Waals surface area (Å²) in [7, 11) is 0. The summed E-state index contributed by atoms with van der Waals surface area (Å²) in [5.74, 6) is 0.0579. The first kappa shape index (κ1) is 19.8. The molecule has 0 saturated heterocycles. The normalized spacial score (nSPS) is 11.8. The molecule has 7 heteroatoms. The molecule has 6 nitrogen and oxygen atoms in total. The van der Waals surface area contributed by atoms with E-state index in [4.69, 9.17) is 4.74 Å². The Balaban J connectivity index is 0.00000243. The molecule has 0 unspecified atom stereocenters. The largest absolute Gasteiger partial charge is 0.484 e. The van der Waals surface area contributed by atoms with Crippen LogP contribution in [0.1, 0.15) is 16.7 Å². The van der Waals surface area contributed by atoms with Crippen LogP contribution in [0.3, 0.4) is 0 Å². The van der Waals surface area contributed by atoms with Gasteiger partial charge in [0, 0.05) is 19.6 Å². The highest BCUT2D eigenvalue weighted by atomic mass is 35.5. The summed E-state index contributed by atoms with van der Waals surface area (Å²) in [5, 5.41) is 8.64. The van der Waals surface area contributed by atoms with Gasteiger partial charge in [-0.15, -0.1) is 12.4 Å². The SMILES string of the molecule is Cl.O=C(CNC(=O)COc1ccccc1)NCc1ccc2c(c1)CNC2. The van der Waals surface area contributed by atoms with E-state index in [1.54, 1.807) is 12.1 Å². The number of benzene rings is 2. The summed E-state index contributed by atoms with van der Waals surface area (Å²) in [5.41, 5.74) is 3.63. The summed E-state index contributed by atoms with van der Waals surface area (Å²) in [6.07, 6.45) is 0. The molecule has 1 aliphatic heterocycles. The van der Waals surface area contributed by atoms with Gasteiger partial charge in [-0.25, -0.2) is 0 Å². The van der Waals surface area contributed by atoms with Crippen LogP contribution in [0.15, 0.2) is 48.5 Å². The fourth-order valence-corrected chi connectivity index (χ4v) is 2.62. The predicted molar refractivity (Wildman–Crippen MR) is 101 cm³/mol. The molecule has 2 amide bonds. The lowest BCUT2D eigenvalue weighted by atomic mass is 10.1. The number of amides is 2. The molecule has 2 aromatic carbocycles. The number of ether oxygens (including phenoxy) is 1. The van der Waals surface area contributed by atoms with E-state index in [9.17, 15) is 9.59 Å². The average molecular weight is 376 g/mol. The zero-order chi connectivity index (χ0) is 17.5.